The molecule has 1 heterocycles. The molecule has 6 aromatic rings. The van der Waals surface area contributed by atoms with Gasteiger partial charge in [0.1, 0.15) is 11.5 Å². The lowest BCUT2D eigenvalue weighted by molar-refractivity contribution is -0.253. The van der Waals surface area contributed by atoms with Gasteiger partial charge >= 0.3 is 6.03 Å². The number of anilines is 1. The Morgan fingerprint density at radius 3 is 2.14 bits per heavy atom. The fourth-order valence-corrected chi connectivity index (χ4v) is 7.00. The van der Waals surface area contributed by atoms with E-state index in [4.69, 9.17) is 14.2 Å². The fourth-order valence-electron chi connectivity index (χ4n) is 7.00. The van der Waals surface area contributed by atoms with Gasteiger partial charge in [0.15, 0.2) is 6.29 Å². The molecule has 0 radical (unpaired) electrons. The summed E-state index contributed by atoms with van der Waals surface area (Å²) in [6, 6.07) is 50.2. The number of ether oxygens (including phenoxy) is 3. The van der Waals surface area contributed by atoms with Crippen molar-refractivity contribution >= 4 is 11.7 Å². The van der Waals surface area contributed by atoms with Gasteiger partial charge in [-0.25, -0.2) is 4.79 Å². The highest BCUT2D eigenvalue weighted by molar-refractivity contribution is 5.89. The van der Waals surface area contributed by atoms with Gasteiger partial charge in [-0.3, -0.25) is 4.90 Å². The summed E-state index contributed by atoms with van der Waals surface area (Å²) < 4.78 is 19.2. The number of hydrogen-bond donors (Lipinski definition) is 4. The lowest BCUT2D eigenvalue weighted by Crippen LogP contribution is -2.43. The molecule has 0 unspecified atom stereocenters. The van der Waals surface area contributed by atoms with Crippen LogP contribution in [0.25, 0.3) is 11.1 Å². The third kappa shape index (κ3) is 10.5. The first kappa shape index (κ1) is 39.4. The monoisotopic (exact) mass is 763 g/mol. The summed E-state index contributed by atoms with van der Waals surface area (Å²) in [4.78, 5) is 15.0. The lowest BCUT2D eigenvalue weighted by Gasteiger charge is -2.39. The first-order valence-electron chi connectivity index (χ1n) is 19.3. The number of carbonyl (C=O) groups excluding carboxylic acids is 1. The Hall–Kier alpha value is -5.81. The highest BCUT2D eigenvalue weighted by Crippen LogP contribution is 2.39. The number of aliphatic hydroxyl groups excluding tert-OH is 2. The first-order valence-corrected chi connectivity index (χ1v) is 19.3. The van der Waals surface area contributed by atoms with E-state index in [1.807, 2.05) is 141 Å². The fraction of sp³-hybridized carbons (Fsp3) is 0.229. The molecule has 292 valence electrons. The van der Waals surface area contributed by atoms with E-state index >= 15 is 0 Å². The summed E-state index contributed by atoms with van der Waals surface area (Å²) in [5, 5.41) is 26.7. The number of hydrogen-bond acceptors (Lipinski definition) is 7. The molecule has 1 aliphatic rings. The van der Waals surface area contributed by atoms with Crippen LogP contribution in [-0.2, 0) is 22.6 Å². The SMILES string of the molecule is C[C@@H]([C@H](O)c1ccccc1)N(C)C[C@@H]1C[C@H](c2ccc(CO)cc2)O[C@H](c2cccc(-c3cccc(CNC(=O)Nc4ccc(Oc5ccccc5)cc4)c3)c2)O1. The van der Waals surface area contributed by atoms with Crippen molar-refractivity contribution in [2.75, 3.05) is 18.9 Å². The maximum absolute atomic E-state index is 12.8. The molecule has 0 bridgehead atoms. The normalized spacial score (nSPS) is 17.7. The molecule has 1 fully saturated rings. The van der Waals surface area contributed by atoms with Crippen LogP contribution in [0.3, 0.4) is 0 Å². The highest BCUT2D eigenvalue weighted by Gasteiger charge is 2.34. The van der Waals surface area contributed by atoms with Gasteiger partial charge in [-0.2, -0.15) is 0 Å². The molecule has 7 rings (SSSR count). The number of para-hydroxylation sites is 1. The minimum atomic E-state index is -0.649. The van der Waals surface area contributed by atoms with Crippen molar-refractivity contribution in [3.8, 4) is 22.6 Å². The Bertz CT molecular complexity index is 2180. The van der Waals surface area contributed by atoms with Gasteiger partial charge in [0.05, 0.1) is 24.9 Å². The molecule has 5 atom stereocenters. The molecule has 9 nitrogen and oxygen atoms in total. The van der Waals surface area contributed by atoms with Crippen LogP contribution in [0.5, 0.6) is 11.5 Å². The zero-order valence-electron chi connectivity index (χ0n) is 32.2. The van der Waals surface area contributed by atoms with Crippen LogP contribution in [0.15, 0.2) is 158 Å². The third-order valence-corrected chi connectivity index (χ3v) is 10.4. The number of likely N-dealkylation sites (N-methyl/N-ethyl adjacent to an activating group) is 1. The first-order chi connectivity index (χ1) is 27.8. The Labute approximate surface area is 334 Å². The highest BCUT2D eigenvalue weighted by atomic mass is 16.7. The van der Waals surface area contributed by atoms with Crippen molar-refractivity contribution in [3.63, 3.8) is 0 Å². The predicted octanol–water partition coefficient (Wildman–Crippen LogP) is 9.56. The molecule has 6 aromatic carbocycles. The second kappa shape index (κ2) is 18.9. The maximum atomic E-state index is 12.8. The third-order valence-electron chi connectivity index (χ3n) is 10.4. The van der Waals surface area contributed by atoms with E-state index in [9.17, 15) is 15.0 Å². The van der Waals surface area contributed by atoms with E-state index < -0.39 is 12.4 Å². The van der Waals surface area contributed by atoms with E-state index in [0.29, 0.717) is 30.9 Å². The quantitative estimate of drug-likeness (QED) is 0.0875. The van der Waals surface area contributed by atoms with Crippen LogP contribution in [0, 0.1) is 0 Å². The molecule has 9 heteroatoms. The summed E-state index contributed by atoms with van der Waals surface area (Å²) in [5.41, 5.74) is 7.21. The van der Waals surface area contributed by atoms with Crippen molar-refractivity contribution in [2.45, 2.75) is 57.1 Å². The van der Waals surface area contributed by atoms with E-state index in [2.05, 4.69) is 33.7 Å². The van der Waals surface area contributed by atoms with Crippen LogP contribution < -0.4 is 15.4 Å². The van der Waals surface area contributed by atoms with Gasteiger partial charge in [0.2, 0.25) is 0 Å². The molecule has 0 saturated carbocycles. The number of rotatable bonds is 14. The van der Waals surface area contributed by atoms with Crippen molar-refractivity contribution in [2.24, 2.45) is 0 Å². The second-order valence-corrected chi connectivity index (χ2v) is 14.5. The predicted molar refractivity (Wildman–Crippen MR) is 223 cm³/mol. The standard InChI is InChI=1S/C48H49N3O6/c1-33(46(53)37-12-5-3-6-13-37)51(2)31-44-29-45(36-21-19-34(32-52)20-22-36)57-47(56-44)40-16-10-15-39(28-40)38-14-9-11-35(27-38)30-49-48(54)50-41-23-25-43(26-24-41)55-42-17-7-4-8-18-42/h3-28,33,44-47,52-53H,29-32H2,1-2H3,(H2,49,50,54)/t33-,44-,45+,46-,47+/m0/s1. The number of nitrogens with zero attached hydrogens (tertiary/aromatic N) is 1. The van der Waals surface area contributed by atoms with E-state index in [0.717, 1.165) is 44.7 Å². The molecule has 0 aliphatic carbocycles. The summed E-state index contributed by atoms with van der Waals surface area (Å²) >= 11 is 0. The summed E-state index contributed by atoms with van der Waals surface area (Å²) in [7, 11) is 2.02. The molecule has 0 spiro atoms. The Kier molecular flexibility index (Phi) is 13.1. The average Bonchev–Trinajstić information content (AvgIpc) is 3.26. The van der Waals surface area contributed by atoms with Gasteiger partial charge in [-0.15, -0.1) is 0 Å². The zero-order valence-corrected chi connectivity index (χ0v) is 32.2. The molecule has 4 N–H and O–H groups in total. The number of aliphatic hydroxyl groups is 2. The van der Waals surface area contributed by atoms with Crippen molar-refractivity contribution in [1.29, 1.82) is 0 Å². The lowest BCUT2D eigenvalue weighted by atomic mass is 9.97. The molecule has 1 saturated heterocycles. The summed E-state index contributed by atoms with van der Waals surface area (Å²) in [5.74, 6) is 1.43. The molecule has 57 heavy (non-hydrogen) atoms. The van der Waals surface area contributed by atoms with Crippen LogP contribution >= 0.6 is 0 Å². The number of amides is 2. The zero-order chi connectivity index (χ0) is 39.6. The summed E-state index contributed by atoms with van der Waals surface area (Å²) in [6.07, 6.45) is -1.09. The van der Waals surface area contributed by atoms with Crippen molar-refractivity contribution in [1.82, 2.24) is 10.2 Å². The number of nitrogens with one attached hydrogen (secondary N) is 2. The topological polar surface area (TPSA) is 113 Å². The minimum Gasteiger partial charge on any atom is -0.457 e. The Balaban J connectivity index is 1.01. The molecular weight excluding hydrogens is 715 g/mol. The molecule has 0 aromatic heterocycles. The molecule has 2 amide bonds. The average molecular weight is 764 g/mol. The maximum Gasteiger partial charge on any atom is 0.319 e. The Morgan fingerprint density at radius 1 is 0.754 bits per heavy atom. The van der Waals surface area contributed by atoms with Crippen LogP contribution in [0.4, 0.5) is 10.5 Å². The van der Waals surface area contributed by atoms with Gasteiger partial charge < -0.3 is 35.1 Å². The van der Waals surface area contributed by atoms with Crippen LogP contribution in [0.2, 0.25) is 0 Å². The number of benzene rings is 6. The van der Waals surface area contributed by atoms with E-state index in [1.165, 1.54) is 0 Å². The number of carbonyl (C=O) groups is 1. The Morgan fingerprint density at radius 2 is 1.42 bits per heavy atom. The van der Waals surface area contributed by atoms with Crippen LogP contribution in [0.1, 0.15) is 59.7 Å². The van der Waals surface area contributed by atoms with E-state index in [1.54, 1.807) is 12.1 Å². The van der Waals surface area contributed by atoms with Crippen LogP contribution in [-0.4, -0.2) is 46.9 Å². The van der Waals surface area contributed by atoms with Crippen molar-refractivity contribution < 1.29 is 29.2 Å². The van der Waals surface area contributed by atoms with Gasteiger partial charge in [0.25, 0.3) is 0 Å². The largest absolute Gasteiger partial charge is 0.457 e. The smallest absolute Gasteiger partial charge is 0.319 e. The number of urea groups is 1. The van der Waals surface area contributed by atoms with Gasteiger partial charge in [-0.05, 0) is 95.9 Å². The van der Waals surface area contributed by atoms with Gasteiger partial charge in [-0.1, -0.05) is 109 Å². The molecular formula is C48H49N3O6. The summed E-state index contributed by atoms with van der Waals surface area (Å²) in [6.45, 7) is 2.93. The van der Waals surface area contributed by atoms with Gasteiger partial charge in [0, 0.05) is 36.8 Å². The minimum absolute atomic E-state index is 0.0235. The van der Waals surface area contributed by atoms with Crippen molar-refractivity contribution in [3.05, 3.63) is 186 Å². The second-order valence-electron chi connectivity index (χ2n) is 14.5. The van der Waals surface area contributed by atoms with E-state index in [-0.39, 0.29) is 30.9 Å². The molecule has 1 aliphatic heterocycles.